The van der Waals surface area contributed by atoms with Crippen molar-refractivity contribution in [2.75, 3.05) is 0 Å². The Morgan fingerprint density at radius 1 is 1.58 bits per heavy atom. The summed E-state index contributed by atoms with van der Waals surface area (Å²) >= 11 is 5.11. The zero-order valence-corrected chi connectivity index (χ0v) is 7.42. The zero-order valence-electron chi connectivity index (χ0n) is 5.84. The lowest BCUT2D eigenvalue weighted by Gasteiger charge is -2.08. The highest BCUT2D eigenvalue weighted by atomic mass is 35.5. The maximum Gasteiger partial charge on any atom is 0.320 e. The van der Waals surface area contributed by atoms with Crippen molar-refractivity contribution in [3.63, 3.8) is 0 Å². The molecule has 6 nitrogen and oxygen atoms in total. The van der Waals surface area contributed by atoms with Crippen molar-refractivity contribution in [3.8, 4) is 0 Å². The van der Waals surface area contributed by atoms with Gasteiger partial charge in [-0.15, -0.1) is 11.6 Å². The smallest absolute Gasteiger partial charge is 0.320 e. The minimum Gasteiger partial charge on any atom is -0.480 e. The number of hydrogen-bond acceptors (Lipinski definition) is 4. The molecule has 0 saturated heterocycles. The van der Waals surface area contributed by atoms with Gasteiger partial charge in [0.25, 0.3) is 10.1 Å². The van der Waals surface area contributed by atoms with Gasteiger partial charge in [0.1, 0.15) is 6.04 Å². The van der Waals surface area contributed by atoms with Crippen LogP contribution in [0.3, 0.4) is 0 Å². The van der Waals surface area contributed by atoms with E-state index in [9.17, 15) is 13.2 Å². The summed E-state index contributed by atoms with van der Waals surface area (Å²) in [5, 5.41) is 8.24. The molecule has 0 fully saturated rings. The van der Waals surface area contributed by atoms with Crippen molar-refractivity contribution in [1.82, 2.24) is 0 Å². The number of carbonyl (C=O) groups is 1. The number of nitrogens with two attached hydrogens (primary N) is 1. The summed E-state index contributed by atoms with van der Waals surface area (Å²) in [5.74, 6) is -1.37. The average molecular weight is 218 g/mol. The Morgan fingerprint density at radius 2 is 2.00 bits per heavy atom. The Bertz CT molecular complexity index is 263. The first-order chi connectivity index (χ1) is 5.25. The highest BCUT2D eigenvalue weighted by Gasteiger charge is 2.25. The summed E-state index contributed by atoms with van der Waals surface area (Å²) in [7, 11) is -4.41. The summed E-state index contributed by atoms with van der Waals surface area (Å²) in [6.07, 6.45) is -0.532. The molecular formula is C4H8ClNO5S. The van der Waals surface area contributed by atoms with Gasteiger partial charge in [-0.05, 0) is 0 Å². The molecule has 0 spiro atoms. The largest absolute Gasteiger partial charge is 0.480 e. The van der Waals surface area contributed by atoms with Crippen molar-refractivity contribution < 1.29 is 22.9 Å². The fourth-order valence-corrected chi connectivity index (χ4v) is 1.06. The van der Waals surface area contributed by atoms with E-state index in [0.717, 1.165) is 0 Å². The van der Waals surface area contributed by atoms with Gasteiger partial charge in [-0.3, -0.25) is 9.35 Å². The van der Waals surface area contributed by atoms with Crippen molar-refractivity contribution in [2.24, 2.45) is 5.73 Å². The molecule has 2 unspecified atom stereocenters. The average Bonchev–Trinajstić information content (AvgIpc) is 1.85. The van der Waals surface area contributed by atoms with Gasteiger partial charge in [-0.25, -0.2) is 0 Å². The lowest BCUT2D eigenvalue weighted by atomic mass is 10.2. The first-order valence-electron chi connectivity index (χ1n) is 2.84. The van der Waals surface area contributed by atoms with E-state index in [0.29, 0.717) is 0 Å². The molecule has 4 N–H and O–H groups in total. The second-order valence-corrected chi connectivity index (χ2v) is 4.49. The van der Waals surface area contributed by atoms with Gasteiger partial charge >= 0.3 is 5.97 Å². The summed E-state index contributed by atoms with van der Waals surface area (Å²) in [4.78, 5) is 10.1. The van der Waals surface area contributed by atoms with Crippen molar-refractivity contribution >= 4 is 27.7 Å². The molecule has 0 rings (SSSR count). The minimum atomic E-state index is -4.41. The molecule has 0 aromatic carbocycles. The molecule has 0 radical (unpaired) electrons. The van der Waals surface area contributed by atoms with E-state index < -0.39 is 33.3 Å². The second-order valence-electron chi connectivity index (χ2n) is 2.11. The number of aliphatic carboxylic acids is 1. The maximum atomic E-state index is 10.3. The molecule has 0 heterocycles. The van der Waals surface area contributed by atoms with E-state index in [1.807, 2.05) is 0 Å². The van der Waals surface area contributed by atoms with Crippen LogP contribution in [0.2, 0.25) is 0 Å². The van der Waals surface area contributed by atoms with Crippen LogP contribution >= 0.6 is 11.6 Å². The number of carboxylic acid groups (broad SMARTS) is 1. The van der Waals surface area contributed by atoms with Crippen molar-refractivity contribution in [2.45, 2.75) is 17.2 Å². The van der Waals surface area contributed by atoms with Gasteiger partial charge in [0.15, 0.2) is 4.71 Å². The van der Waals surface area contributed by atoms with Gasteiger partial charge in [0.2, 0.25) is 0 Å². The Balaban J connectivity index is 4.20. The molecule has 0 aliphatic heterocycles. The first kappa shape index (κ1) is 11.6. The van der Waals surface area contributed by atoms with Crippen LogP contribution in [-0.4, -0.2) is 34.8 Å². The van der Waals surface area contributed by atoms with Crippen LogP contribution in [-0.2, 0) is 14.9 Å². The van der Waals surface area contributed by atoms with Gasteiger partial charge in [0, 0.05) is 6.42 Å². The molecule has 2 atom stereocenters. The molecule has 0 aromatic heterocycles. The van der Waals surface area contributed by atoms with E-state index in [1.165, 1.54) is 0 Å². The summed E-state index contributed by atoms with van der Waals surface area (Å²) in [5.41, 5.74) is 4.95. The fourth-order valence-electron chi connectivity index (χ4n) is 0.422. The predicted molar refractivity (Wildman–Crippen MR) is 41.4 cm³/mol. The van der Waals surface area contributed by atoms with E-state index in [-0.39, 0.29) is 0 Å². The number of alkyl halides is 1. The lowest BCUT2D eigenvalue weighted by molar-refractivity contribution is -0.138. The maximum absolute atomic E-state index is 10.3. The van der Waals surface area contributed by atoms with Crippen LogP contribution < -0.4 is 5.73 Å². The van der Waals surface area contributed by atoms with E-state index in [2.05, 4.69) is 0 Å². The summed E-state index contributed by atoms with van der Waals surface area (Å²) in [6, 6.07) is -1.39. The zero-order chi connectivity index (χ0) is 9.94. The van der Waals surface area contributed by atoms with E-state index in [4.69, 9.17) is 27.0 Å². The highest BCUT2D eigenvalue weighted by molar-refractivity contribution is 7.87. The van der Waals surface area contributed by atoms with Crippen LogP contribution in [0.5, 0.6) is 0 Å². The van der Waals surface area contributed by atoms with Gasteiger partial charge in [-0.1, -0.05) is 0 Å². The molecule has 0 aliphatic carbocycles. The quantitative estimate of drug-likeness (QED) is 0.421. The predicted octanol–water partition coefficient (Wildman–Crippen LogP) is -0.759. The van der Waals surface area contributed by atoms with E-state index in [1.54, 1.807) is 0 Å². The Morgan fingerprint density at radius 3 is 2.25 bits per heavy atom. The second kappa shape index (κ2) is 4.04. The topological polar surface area (TPSA) is 118 Å². The Labute approximate surface area is 74.1 Å². The van der Waals surface area contributed by atoms with Crippen molar-refractivity contribution in [1.29, 1.82) is 0 Å². The van der Waals surface area contributed by atoms with Crippen LogP contribution in [0.1, 0.15) is 6.42 Å². The number of hydrogen-bond donors (Lipinski definition) is 3. The fraction of sp³-hybridized carbons (Fsp3) is 0.750. The summed E-state index contributed by atoms with van der Waals surface area (Å²) in [6.45, 7) is 0. The standard InChI is InChI=1S/C4H8ClNO5S/c5-3(12(9,10)11)1-2(6)4(7)8/h2-3H,1,6H2,(H,7,8)(H,9,10,11). The van der Waals surface area contributed by atoms with Gasteiger partial charge < -0.3 is 10.8 Å². The Hall–Kier alpha value is -0.370. The monoisotopic (exact) mass is 217 g/mol. The van der Waals surface area contributed by atoms with Crippen LogP contribution in [0.25, 0.3) is 0 Å². The third-order valence-electron chi connectivity index (χ3n) is 1.08. The normalized spacial score (nSPS) is 16.9. The lowest BCUT2D eigenvalue weighted by Crippen LogP contribution is -2.34. The van der Waals surface area contributed by atoms with Gasteiger partial charge in [-0.2, -0.15) is 8.42 Å². The molecule has 0 amide bonds. The molecule has 8 heteroatoms. The SMILES string of the molecule is NC(CC(Cl)S(=O)(=O)O)C(=O)O. The van der Waals surface area contributed by atoms with Gasteiger partial charge in [0.05, 0.1) is 0 Å². The molecule has 72 valence electrons. The van der Waals surface area contributed by atoms with E-state index >= 15 is 0 Å². The van der Waals surface area contributed by atoms with Crippen LogP contribution in [0.4, 0.5) is 0 Å². The molecule has 0 aromatic rings. The highest BCUT2D eigenvalue weighted by Crippen LogP contribution is 2.10. The van der Waals surface area contributed by atoms with Crippen molar-refractivity contribution in [3.05, 3.63) is 0 Å². The third-order valence-corrected chi connectivity index (χ3v) is 2.77. The molecule has 0 bridgehead atoms. The Kier molecular flexibility index (Phi) is 3.91. The minimum absolute atomic E-state index is 0.532. The number of carboxylic acids is 1. The first-order valence-corrected chi connectivity index (χ1v) is 4.78. The molecule has 12 heavy (non-hydrogen) atoms. The number of halogens is 1. The molecular weight excluding hydrogens is 210 g/mol. The number of rotatable bonds is 4. The third kappa shape index (κ3) is 3.86. The van der Waals surface area contributed by atoms with Crippen LogP contribution in [0, 0.1) is 0 Å². The molecule has 0 aliphatic rings. The summed E-state index contributed by atoms with van der Waals surface area (Å²) < 4.78 is 27.2. The molecule has 0 saturated carbocycles. The van der Waals surface area contributed by atoms with Crippen LogP contribution in [0.15, 0.2) is 0 Å².